The van der Waals surface area contributed by atoms with Crippen LogP contribution in [0.15, 0.2) is 221 Å². The van der Waals surface area contributed by atoms with Crippen LogP contribution in [0.25, 0.3) is 55.1 Å². The van der Waals surface area contributed by atoms with Crippen molar-refractivity contribution in [2.24, 2.45) is 10.9 Å². The van der Waals surface area contributed by atoms with Crippen molar-refractivity contribution in [3.63, 3.8) is 0 Å². The van der Waals surface area contributed by atoms with Crippen molar-refractivity contribution in [3.05, 3.63) is 223 Å². The number of rotatable bonds is 8. The Labute approximate surface area is 356 Å². The Hall–Kier alpha value is -7.00. The van der Waals surface area contributed by atoms with E-state index in [4.69, 9.17) is 9.41 Å². The monoisotopic (exact) mass is 806 g/mol. The third-order valence-electron chi connectivity index (χ3n) is 12.4. The second kappa shape index (κ2) is 15.6. The summed E-state index contributed by atoms with van der Waals surface area (Å²) in [7, 11) is -3.11. The van der Waals surface area contributed by atoms with E-state index in [1.807, 2.05) is 60.7 Å². The maximum absolute atomic E-state index is 15.2. The summed E-state index contributed by atoms with van der Waals surface area (Å²) >= 11 is 0. The topological polar surface area (TPSA) is 54.6 Å². The van der Waals surface area contributed by atoms with Gasteiger partial charge in [-0.1, -0.05) is 188 Å². The molecular formula is C56H43N2O2P. The molecule has 2 aliphatic carbocycles. The van der Waals surface area contributed by atoms with Crippen molar-refractivity contribution >= 4 is 72.7 Å². The molecule has 0 bridgehead atoms. The molecular weight excluding hydrogens is 764 g/mol. The molecule has 1 aliphatic heterocycles. The Morgan fingerprint density at radius 1 is 0.607 bits per heavy atom. The molecule has 0 fully saturated rings. The molecule has 8 aromatic rings. The molecule has 3 aliphatic rings. The minimum Gasteiger partial charge on any atom is -0.455 e. The zero-order valence-corrected chi connectivity index (χ0v) is 34.5. The van der Waals surface area contributed by atoms with Gasteiger partial charge < -0.3 is 14.3 Å². The van der Waals surface area contributed by atoms with Crippen LogP contribution in [-0.4, -0.2) is 11.9 Å². The van der Waals surface area contributed by atoms with Crippen molar-refractivity contribution in [3.8, 4) is 11.1 Å². The molecule has 0 saturated heterocycles. The lowest BCUT2D eigenvalue weighted by molar-refractivity contribution is 0.592. The van der Waals surface area contributed by atoms with Gasteiger partial charge in [0.1, 0.15) is 17.3 Å². The first-order valence-corrected chi connectivity index (χ1v) is 22.9. The van der Waals surface area contributed by atoms with Crippen LogP contribution in [0.1, 0.15) is 30.4 Å². The van der Waals surface area contributed by atoms with Crippen molar-refractivity contribution in [1.82, 2.24) is 5.32 Å². The maximum Gasteiger partial charge on any atom is 0.171 e. The minimum absolute atomic E-state index is 0.117. The van der Waals surface area contributed by atoms with Gasteiger partial charge >= 0.3 is 0 Å². The number of furan rings is 1. The van der Waals surface area contributed by atoms with Gasteiger partial charge in [0.05, 0.1) is 0 Å². The highest BCUT2D eigenvalue weighted by molar-refractivity contribution is 7.85. The summed E-state index contributed by atoms with van der Waals surface area (Å²) in [6.45, 7) is 0. The number of hydrogen-bond donors (Lipinski definition) is 1. The number of allylic oxidation sites excluding steroid dienone is 7. The second-order valence-corrected chi connectivity index (χ2v) is 18.8. The van der Waals surface area contributed by atoms with Gasteiger partial charge in [0, 0.05) is 49.4 Å². The van der Waals surface area contributed by atoms with Crippen molar-refractivity contribution in [2.45, 2.75) is 25.4 Å². The quantitative estimate of drug-likeness (QED) is 0.156. The fourth-order valence-electron chi connectivity index (χ4n) is 9.28. The summed E-state index contributed by atoms with van der Waals surface area (Å²) in [6.07, 6.45) is 18.8. The highest BCUT2D eigenvalue weighted by Gasteiger charge is 2.30. The molecule has 61 heavy (non-hydrogen) atoms. The zero-order valence-electron chi connectivity index (χ0n) is 33.6. The molecule has 0 saturated carbocycles. The Morgan fingerprint density at radius 2 is 1.30 bits per heavy atom. The molecule has 0 radical (unpaired) electrons. The molecule has 2 unspecified atom stereocenters. The molecule has 7 aromatic carbocycles. The summed E-state index contributed by atoms with van der Waals surface area (Å²) in [5, 5.41) is 10.5. The van der Waals surface area contributed by atoms with E-state index in [9.17, 15) is 0 Å². The molecule has 11 rings (SSSR count). The average molecular weight is 807 g/mol. The van der Waals surface area contributed by atoms with Crippen molar-refractivity contribution < 1.29 is 8.98 Å². The van der Waals surface area contributed by atoms with Gasteiger partial charge in [0.15, 0.2) is 7.14 Å². The lowest BCUT2D eigenvalue weighted by atomic mass is 9.87. The lowest BCUT2D eigenvalue weighted by Crippen LogP contribution is -2.34. The molecule has 0 amide bonds. The first-order valence-electron chi connectivity index (χ1n) is 21.2. The normalized spacial score (nSPS) is 17.8. The van der Waals surface area contributed by atoms with E-state index in [0.717, 1.165) is 102 Å². The standard InChI is InChI=1S/C56H43N2O2P/c59-61(43-20-9-3-10-21-43,44-22-11-4-12-23-44)45-34-32-39(33-35-45)49-36-50-54-46(26-15-27-53(54)60-55(50)48-25-14-13-24-47(48)49)38-28-30-41(31-29-38)52-37-51(40-16-5-1-6-17-40)57-56(58-52)42-18-7-2-8-19-42/h1,3-7,9-30,32-37,41,56-57H,2,8,31H2. The third kappa shape index (κ3) is 6.65. The van der Waals surface area contributed by atoms with Crippen LogP contribution >= 0.6 is 7.14 Å². The van der Waals surface area contributed by atoms with E-state index in [-0.39, 0.29) is 12.1 Å². The average Bonchev–Trinajstić information content (AvgIpc) is 3.74. The number of nitrogens with zero attached hydrogens (tertiary/aromatic N) is 1. The molecule has 2 atom stereocenters. The Morgan fingerprint density at radius 3 is 1.98 bits per heavy atom. The third-order valence-corrected chi connectivity index (χ3v) is 15.4. The van der Waals surface area contributed by atoms with Gasteiger partial charge in [-0.3, -0.25) is 4.99 Å². The van der Waals surface area contributed by atoms with Gasteiger partial charge in [0.2, 0.25) is 0 Å². The van der Waals surface area contributed by atoms with Gasteiger partial charge in [-0.25, -0.2) is 0 Å². The van der Waals surface area contributed by atoms with Gasteiger partial charge in [-0.2, -0.15) is 0 Å². The summed E-state index contributed by atoms with van der Waals surface area (Å²) in [5.74, 6) is 0.151. The number of aliphatic imine (C=N–C) groups is 1. The molecule has 5 heteroatoms. The van der Waals surface area contributed by atoms with E-state index in [0.29, 0.717) is 0 Å². The predicted octanol–water partition coefficient (Wildman–Crippen LogP) is 12.7. The Balaban J connectivity index is 0.974. The van der Waals surface area contributed by atoms with E-state index in [1.54, 1.807) is 0 Å². The molecule has 1 N–H and O–H groups in total. The number of hydrogen-bond acceptors (Lipinski definition) is 4. The molecule has 1 aromatic heterocycles. The first-order chi connectivity index (χ1) is 30.1. The SMILES string of the molecule is O=P(c1ccccc1)(c1ccccc1)c1ccc(-c2cc3c(oc4cccc(C5=CCC(C6=NC(C7=CCCC=C7)NC(c7ccccc7)=C6)C=C5)c43)c3ccccc23)cc1. The highest BCUT2D eigenvalue weighted by Crippen LogP contribution is 2.45. The number of fused-ring (bicyclic) bond motifs is 5. The molecule has 2 heterocycles. The van der Waals surface area contributed by atoms with Crippen LogP contribution in [-0.2, 0) is 4.57 Å². The first kappa shape index (κ1) is 37.0. The Kier molecular flexibility index (Phi) is 9.44. The van der Waals surface area contributed by atoms with Crippen molar-refractivity contribution in [2.75, 3.05) is 0 Å². The van der Waals surface area contributed by atoms with Gasteiger partial charge in [-0.15, -0.1) is 0 Å². The zero-order chi connectivity index (χ0) is 40.8. The second-order valence-electron chi connectivity index (χ2n) is 16.0. The van der Waals surface area contributed by atoms with Crippen LogP contribution in [0.2, 0.25) is 0 Å². The fraction of sp³-hybridized carbons (Fsp3) is 0.0893. The minimum atomic E-state index is -3.11. The van der Waals surface area contributed by atoms with Gasteiger partial charge in [0.25, 0.3) is 0 Å². The van der Waals surface area contributed by atoms with Gasteiger partial charge in [-0.05, 0) is 76.3 Å². The summed E-state index contributed by atoms with van der Waals surface area (Å²) in [5.41, 5.74) is 10.8. The van der Waals surface area contributed by atoms with E-state index in [2.05, 4.69) is 151 Å². The summed E-state index contributed by atoms with van der Waals surface area (Å²) < 4.78 is 21.9. The van der Waals surface area contributed by atoms with Crippen molar-refractivity contribution in [1.29, 1.82) is 0 Å². The van der Waals surface area contributed by atoms with E-state index >= 15 is 4.57 Å². The van der Waals surface area contributed by atoms with E-state index in [1.165, 1.54) is 11.1 Å². The van der Waals surface area contributed by atoms with E-state index < -0.39 is 7.14 Å². The molecule has 294 valence electrons. The predicted molar refractivity (Wildman–Crippen MR) is 257 cm³/mol. The number of nitrogens with one attached hydrogen (secondary N) is 1. The Bertz CT molecular complexity index is 3160. The fourth-order valence-corrected chi connectivity index (χ4v) is 11.9. The maximum atomic E-state index is 15.2. The lowest BCUT2D eigenvalue weighted by Gasteiger charge is -2.28. The largest absolute Gasteiger partial charge is 0.455 e. The van der Waals surface area contributed by atoms with Crippen LogP contribution in [0.4, 0.5) is 0 Å². The van der Waals surface area contributed by atoms with Crippen LogP contribution < -0.4 is 21.2 Å². The summed E-state index contributed by atoms with van der Waals surface area (Å²) in [4.78, 5) is 5.30. The van der Waals surface area contributed by atoms with Crippen LogP contribution in [0, 0.1) is 5.92 Å². The number of benzene rings is 7. The molecule has 4 nitrogen and oxygen atoms in total. The smallest absolute Gasteiger partial charge is 0.171 e. The van der Waals surface area contributed by atoms with Crippen LogP contribution in [0.5, 0.6) is 0 Å². The highest BCUT2D eigenvalue weighted by atomic mass is 31.2. The molecule has 0 spiro atoms. The van der Waals surface area contributed by atoms with Crippen LogP contribution in [0.3, 0.4) is 0 Å². The summed E-state index contributed by atoms with van der Waals surface area (Å²) in [6, 6.07) is 55.8.